The van der Waals surface area contributed by atoms with Crippen molar-refractivity contribution in [1.82, 2.24) is 15.3 Å². The van der Waals surface area contributed by atoms with Gasteiger partial charge in [-0.25, -0.2) is 9.97 Å². The molecule has 2 N–H and O–H groups in total. The zero-order valence-corrected chi connectivity index (χ0v) is 10.9. The highest BCUT2D eigenvalue weighted by molar-refractivity contribution is 5.49. The smallest absolute Gasteiger partial charge is 0.134 e. The molecule has 5 heteroatoms. The molecule has 0 spiro atoms. The van der Waals surface area contributed by atoms with E-state index in [0.29, 0.717) is 12.1 Å². The number of rotatable bonds is 4. The molecule has 0 radical (unpaired) electrons. The normalized spacial score (nSPS) is 23.7. The minimum atomic E-state index is 0.544. The molecule has 1 aliphatic carbocycles. The highest BCUT2D eigenvalue weighted by Gasteiger charge is 2.22. The van der Waals surface area contributed by atoms with E-state index >= 15 is 0 Å². The summed E-state index contributed by atoms with van der Waals surface area (Å²) in [6.07, 6.45) is 6.67. The summed E-state index contributed by atoms with van der Waals surface area (Å²) in [5, 5.41) is 6.86. The van der Waals surface area contributed by atoms with Gasteiger partial charge < -0.3 is 15.5 Å². The van der Waals surface area contributed by atoms with Gasteiger partial charge in [0.25, 0.3) is 0 Å². The summed E-state index contributed by atoms with van der Waals surface area (Å²) >= 11 is 0. The van der Waals surface area contributed by atoms with Crippen molar-refractivity contribution in [1.29, 1.82) is 0 Å². The molecule has 1 saturated carbocycles. The third-order valence-corrected chi connectivity index (χ3v) is 3.76. The molecule has 18 heavy (non-hydrogen) atoms. The van der Waals surface area contributed by atoms with E-state index < -0.39 is 0 Å². The van der Waals surface area contributed by atoms with Gasteiger partial charge in [0, 0.05) is 31.7 Å². The molecule has 3 rings (SSSR count). The molecule has 2 fully saturated rings. The molecule has 1 aromatic rings. The van der Waals surface area contributed by atoms with Crippen LogP contribution >= 0.6 is 0 Å². The van der Waals surface area contributed by atoms with Gasteiger partial charge in [-0.1, -0.05) is 0 Å². The number of nitrogens with zero attached hydrogens (tertiary/aromatic N) is 3. The number of piperidine rings is 1. The van der Waals surface area contributed by atoms with Gasteiger partial charge in [-0.2, -0.15) is 0 Å². The maximum absolute atomic E-state index is 4.39. The second-order valence-corrected chi connectivity index (χ2v) is 5.29. The Labute approximate surface area is 108 Å². The van der Waals surface area contributed by atoms with Crippen molar-refractivity contribution in [3.63, 3.8) is 0 Å². The Balaban J connectivity index is 1.69. The SMILES string of the molecule is CN(c1cc(NC2CC2)ncn1)[C@H]1CCCNC1. The Hall–Kier alpha value is -1.36. The zero-order valence-electron chi connectivity index (χ0n) is 10.9. The topological polar surface area (TPSA) is 53.1 Å². The van der Waals surface area contributed by atoms with Crippen molar-refractivity contribution in [3.8, 4) is 0 Å². The fraction of sp³-hybridized carbons (Fsp3) is 0.692. The summed E-state index contributed by atoms with van der Waals surface area (Å²) in [4.78, 5) is 10.9. The van der Waals surface area contributed by atoms with Crippen LogP contribution in [0.3, 0.4) is 0 Å². The molecule has 5 nitrogen and oxygen atoms in total. The molecule has 1 aromatic heterocycles. The lowest BCUT2D eigenvalue weighted by molar-refractivity contribution is 0.443. The second kappa shape index (κ2) is 5.10. The Morgan fingerprint density at radius 2 is 2.22 bits per heavy atom. The van der Waals surface area contributed by atoms with Gasteiger partial charge in [-0.3, -0.25) is 0 Å². The minimum absolute atomic E-state index is 0.544. The van der Waals surface area contributed by atoms with E-state index in [0.717, 1.165) is 24.7 Å². The fourth-order valence-corrected chi connectivity index (χ4v) is 2.41. The van der Waals surface area contributed by atoms with E-state index in [-0.39, 0.29) is 0 Å². The van der Waals surface area contributed by atoms with Crippen LogP contribution in [-0.2, 0) is 0 Å². The van der Waals surface area contributed by atoms with E-state index in [1.807, 2.05) is 0 Å². The predicted molar refractivity (Wildman–Crippen MR) is 73.0 cm³/mol. The predicted octanol–water partition coefficient (Wildman–Crippen LogP) is 1.24. The van der Waals surface area contributed by atoms with E-state index in [4.69, 9.17) is 0 Å². The molecule has 2 heterocycles. The van der Waals surface area contributed by atoms with Gasteiger partial charge in [0.15, 0.2) is 0 Å². The third-order valence-electron chi connectivity index (χ3n) is 3.76. The van der Waals surface area contributed by atoms with Gasteiger partial charge in [0.05, 0.1) is 0 Å². The van der Waals surface area contributed by atoms with Crippen LogP contribution in [-0.4, -0.2) is 42.2 Å². The van der Waals surface area contributed by atoms with Crippen molar-refractivity contribution >= 4 is 11.6 Å². The maximum Gasteiger partial charge on any atom is 0.134 e. The van der Waals surface area contributed by atoms with E-state index in [2.05, 4.69) is 38.6 Å². The summed E-state index contributed by atoms with van der Waals surface area (Å²) in [6.45, 7) is 2.19. The fourth-order valence-electron chi connectivity index (χ4n) is 2.41. The molecule has 1 atom stereocenters. The Morgan fingerprint density at radius 3 is 2.94 bits per heavy atom. The monoisotopic (exact) mass is 247 g/mol. The van der Waals surface area contributed by atoms with Gasteiger partial charge in [-0.15, -0.1) is 0 Å². The molecule has 1 aliphatic heterocycles. The standard InChI is InChI=1S/C13H21N5/c1-18(11-3-2-6-14-8-11)13-7-12(15-9-16-13)17-10-4-5-10/h7,9-11,14H,2-6,8H2,1H3,(H,15,16,17)/t11-/m0/s1. The summed E-state index contributed by atoms with van der Waals surface area (Å²) in [5.41, 5.74) is 0. The number of nitrogens with one attached hydrogen (secondary N) is 2. The van der Waals surface area contributed by atoms with Crippen LogP contribution in [0.4, 0.5) is 11.6 Å². The molecule has 98 valence electrons. The van der Waals surface area contributed by atoms with Crippen molar-refractivity contribution in [2.75, 3.05) is 30.4 Å². The van der Waals surface area contributed by atoms with E-state index in [1.165, 1.54) is 25.7 Å². The van der Waals surface area contributed by atoms with Crippen LogP contribution in [0.5, 0.6) is 0 Å². The molecule has 0 unspecified atom stereocenters. The lowest BCUT2D eigenvalue weighted by Gasteiger charge is -2.32. The Bertz CT molecular complexity index is 398. The number of anilines is 2. The summed E-state index contributed by atoms with van der Waals surface area (Å²) in [6, 6.07) is 3.24. The lowest BCUT2D eigenvalue weighted by atomic mass is 10.1. The highest BCUT2D eigenvalue weighted by Crippen LogP contribution is 2.25. The molecule has 0 amide bonds. The lowest BCUT2D eigenvalue weighted by Crippen LogP contribution is -2.44. The minimum Gasteiger partial charge on any atom is -0.367 e. The van der Waals surface area contributed by atoms with Crippen LogP contribution in [0.15, 0.2) is 12.4 Å². The van der Waals surface area contributed by atoms with Gasteiger partial charge in [-0.05, 0) is 32.2 Å². The van der Waals surface area contributed by atoms with Crippen LogP contribution in [0.2, 0.25) is 0 Å². The first-order valence-corrected chi connectivity index (χ1v) is 6.85. The molecule has 1 saturated heterocycles. The number of hydrogen-bond donors (Lipinski definition) is 2. The first-order chi connectivity index (χ1) is 8.83. The average Bonchev–Trinajstić information content (AvgIpc) is 3.23. The Kier molecular flexibility index (Phi) is 3.32. The largest absolute Gasteiger partial charge is 0.367 e. The quantitative estimate of drug-likeness (QED) is 0.838. The first-order valence-electron chi connectivity index (χ1n) is 6.85. The number of likely N-dealkylation sites (N-methyl/N-ethyl adjacent to an activating group) is 1. The Morgan fingerprint density at radius 1 is 1.33 bits per heavy atom. The van der Waals surface area contributed by atoms with E-state index in [9.17, 15) is 0 Å². The first kappa shape index (κ1) is 11.7. The van der Waals surface area contributed by atoms with Crippen LogP contribution in [0, 0.1) is 0 Å². The van der Waals surface area contributed by atoms with Gasteiger partial charge >= 0.3 is 0 Å². The molecular formula is C13H21N5. The molecular weight excluding hydrogens is 226 g/mol. The van der Waals surface area contributed by atoms with Crippen LogP contribution in [0.1, 0.15) is 25.7 Å². The van der Waals surface area contributed by atoms with E-state index in [1.54, 1.807) is 6.33 Å². The highest BCUT2D eigenvalue weighted by atomic mass is 15.2. The molecule has 0 aromatic carbocycles. The van der Waals surface area contributed by atoms with Crippen molar-refractivity contribution in [2.45, 2.75) is 37.8 Å². The molecule has 0 bridgehead atoms. The average molecular weight is 247 g/mol. The second-order valence-electron chi connectivity index (χ2n) is 5.29. The van der Waals surface area contributed by atoms with Gasteiger partial charge in [0.1, 0.15) is 18.0 Å². The van der Waals surface area contributed by atoms with Crippen LogP contribution < -0.4 is 15.5 Å². The third kappa shape index (κ3) is 2.72. The van der Waals surface area contributed by atoms with Crippen molar-refractivity contribution < 1.29 is 0 Å². The van der Waals surface area contributed by atoms with Crippen molar-refractivity contribution in [2.24, 2.45) is 0 Å². The maximum atomic E-state index is 4.39. The summed E-state index contributed by atoms with van der Waals surface area (Å²) in [7, 11) is 2.13. The van der Waals surface area contributed by atoms with Gasteiger partial charge in [0.2, 0.25) is 0 Å². The molecule has 2 aliphatic rings. The van der Waals surface area contributed by atoms with Crippen molar-refractivity contribution in [3.05, 3.63) is 12.4 Å². The summed E-state index contributed by atoms with van der Waals surface area (Å²) < 4.78 is 0. The number of aromatic nitrogens is 2. The zero-order chi connectivity index (χ0) is 12.4. The van der Waals surface area contributed by atoms with Crippen LogP contribution in [0.25, 0.3) is 0 Å². The summed E-state index contributed by atoms with van der Waals surface area (Å²) in [5.74, 6) is 1.97. The number of hydrogen-bond acceptors (Lipinski definition) is 5.